The average Bonchev–Trinajstić information content (AvgIpc) is 2.85. The van der Waals surface area contributed by atoms with E-state index in [1.807, 2.05) is 55.5 Å². The lowest BCUT2D eigenvalue weighted by Gasteiger charge is -2.13. The number of hydrogen-bond donors (Lipinski definition) is 1. The van der Waals surface area contributed by atoms with E-state index >= 15 is 0 Å². The van der Waals surface area contributed by atoms with Crippen molar-refractivity contribution in [2.75, 3.05) is 12.4 Å². The number of nitrogens with one attached hydrogen (secondary N) is 1. The zero-order valence-electron chi connectivity index (χ0n) is 18.5. The van der Waals surface area contributed by atoms with Crippen LogP contribution >= 0.6 is 11.6 Å². The smallest absolute Gasteiger partial charge is 0.255 e. The van der Waals surface area contributed by atoms with Gasteiger partial charge in [0.25, 0.3) is 5.91 Å². The van der Waals surface area contributed by atoms with Gasteiger partial charge in [-0.2, -0.15) is 0 Å². The lowest BCUT2D eigenvalue weighted by molar-refractivity contribution is 0.102. The summed E-state index contributed by atoms with van der Waals surface area (Å²) in [4.78, 5) is 12.8. The van der Waals surface area contributed by atoms with Gasteiger partial charge in [0.1, 0.15) is 18.1 Å². The summed E-state index contributed by atoms with van der Waals surface area (Å²) >= 11 is 6.07. The van der Waals surface area contributed by atoms with Crippen LogP contribution in [-0.4, -0.2) is 13.0 Å². The second-order valence-corrected chi connectivity index (χ2v) is 8.06. The van der Waals surface area contributed by atoms with E-state index in [-0.39, 0.29) is 12.5 Å². The predicted molar refractivity (Wildman–Crippen MR) is 133 cm³/mol. The van der Waals surface area contributed by atoms with Crippen molar-refractivity contribution in [3.8, 4) is 22.6 Å². The van der Waals surface area contributed by atoms with Crippen molar-refractivity contribution < 1.29 is 14.3 Å². The Kier molecular flexibility index (Phi) is 6.96. The van der Waals surface area contributed by atoms with Crippen LogP contribution in [-0.2, 0) is 6.61 Å². The van der Waals surface area contributed by atoms with Crippen molar-refractivity contribution in [3.05, 3.63) is 113 Å². The molecular formula is C28H24ClNO3. The van der Waals surface area contributed by atoms with Gasteiger partial charge >= 0.3 is 0 Å². The van der Waals surface area contributed by atoms with Gasteiger partial charge in [-0.05, 0) is 66.1 Å². The summed E-state index contributed by atoms with van der Waals surface area (Å²) in [6.07, 6.45) is 0. The number of halogens is 1. The Morgan fingerprint density at radius 2 is 1.61 bits per heavy atom. The standard InChI is InChI=1S/C28H24ClNO3/c1-19-8-12-24(29)17-26(19)30-28(31)22-11-15-27(32-2)23(16-22)18-33-25-13-9-21(10-14-25)20-6-4-3-5-7-20/h3-17H,18H2,1-2H3,(H,30,31). The first kappa shape index (κ1) is 22.4. The molecule has 0 spiro atoms. The maximum absolute atomic E-state index is 12.8. The third kappa shape index (κ3) is 5.54. The van der Waals surface area contributed by atoms with Crippen LogP contribution in [0.1, 0.15) is 21.5 Å². The number of rotatable bonds is 7. The minimum absolute atomic E-state index is 0.225. The van der Waals surface area contributed by atoms with E-state index in [1.165, 1.54) is 0 Å². The molecule has 33 heavy (non-hydrogen) atoms. The molecule has 0 atom stereocenters. The second kappa shape index (κ2) is 10.2. The first-order valence-corrected chi connectivity index (χ1v) is 10.9. The van der Waals surface area contributed by atoms with Crippen LogP contribution < -0.4 is 14.8 Å². The first-order valence-electron chi connectivity index (χ1n) is 10.6. The molecule has 0 aliphatic heterocycles. The Hall–Kier alpha value is -3.76. The minimum atomic E-state index is -0.225. The van der Waals surface area contributed by atoms with Crippen molar-refractivity contribution in [2.45, 2.75) is 13.5 Å². The normalized spacial score (nSPS) is 10.5. The summed E-state index contributed by atoms with van der Waals surface area (Å²) in [7, 11) is 1.60. The number of amides is 1. The van der Waals surface area contributed by atoms with E-state index in [4.69, 9.17) is 21.1 Å². The number of carbonyl (C=O) groups is 1. The number of ether oxygens (including phenoxy) is 2. The third-order valence-corrected chi connectivity index (χ3v) is 5.58. The highest BCUT2D eigenvalue weighted by Gasteiger charge is 2.13. The molecule has 4 aromatic carbocycles. The van der Waals surface area contributed by atoms with Crippen LogP contribution in [0.3, 0.4) is 0 Å². The van der Waals surface area contributed by atoms with E-state index in [2.05, 4.69) is 17.4 Å². The summed E-state index contributed by atoms with van der Waals surface area (Å²) in [6.45, 7) is 2.19. The van der Waals surface area contributed by atoms with Crippen LogP contribution in [0.25, 0.3) is 11.1 Å². The van der Waals surface area contributed by atoms with Crippen LogP contribution in [0.15, 0.2) is 91.0 Å². The highest BCUT2D eigenvalue weighted by atomic mass is 35.5. The maximum Gasteiger partial charge on any atom is 0.255 e. The Labute approximate surface area is 198 Å². The number of carbonyl (C=O) groups excluding carboxylic acids is 1. The summed E-state index contributed by atoms with van der Waals surface area (Å²) in [5.41, 5.74) is 5.17. The van der Waals surface area contributed by atoms with Crippen molar-refractivity contribution >= 4 is 23.2 Å². The molecule has 0 fully saturated rings. The molecule has 0 heterocycles. The van der Waals surface area contributed by atoms with Crippen molar-refractivity contribution in [1.29, 1.82) is 0 Å². The zero-order chi connectivity index (χ0) is 23.2. The Bertz CT molecular complexity index is 1250. The third-order valence-electron chi connectivity index (χ3n) is 5.35. The number of anilines is 1. The number of hydrogen-bond acceptors (Lipinski definition) is 3. The van der Waals surface area contributed by atoms with E-state index in [9.17, 15) is 4.79 Å². The molecule has 1 N–H and O–H groups in total. The number of methoxy groups -OCH3 is 1. The van der Waals surface area contributed by atoms with E-state index < -0.39 is 0 Å². The lowest BCUT2D eigenvalue weighted by atomic mass is 10.1. The largest absolute Gasteiger partial charge is 0.496 e. The van der Waals surface area contributed by atoms with Gasteiger partial charge in [0, 0.05) is 21.8 Å². The quantitative estimate of drug-likeness (QED) is 0.320. The average molecular weight is 458 g/mol. The fraction of sp³-hybridized carbons (Fsp3) is 0.107. The minimum Gasteiger partial charge on any atom is -0.496 e. The SMILES string of the molecule is COc1ccc(C(=O)Nc2cc(Cl)ccc2C)cc1COc1ccc(-c2ccccc2)cc1. The number of aryl methyl sites for hydroxylation is 1. The predicted octanol–water partition coefficient (Wildman–Crippen LogP) is 7.16. The molecule has 0 aliphatic rings. The van der Waals surface area contributed by atoms with Gasteiger partial charge in [0.15, 0.2) is 0 Å². The first-order chi connectivity index (χ1) is 16.0. The Morgan fingerprint density at radius 1 is 0.879 bits per heavy atom. The molecule has 0 saturated carbocycles. The highest BCUT2D eigenvalue weighted by molar-refractivity contribution is 6.31. The van der Waals surface area contributed by atoms with Gasteiger partial charge in [-0.1, -0.05) is 60.1 Å². The van der Waals surface area contributed by atoms with Gasteiger partial charge in [-0.3, -0.25) is 4.79 Å². The molecule has 0 bridgehead atoms. The molecule has 4 nitrogen and oxygen atoms in total. The van der Waals surface area contributed by atoms with E-state index in [0.29, 0.717) is 22.0 Å². The molecule has 0 unspecified atom stereocenters. The fourth-order valence-corrected chi connectivity index (χ4v) is 3.66. The molecule has 4 rings (SSSR count). The van der Waals surface area contributed by atoms with Crippen molar-refractivity contribution in [2.24, 2.45) is 0 Å². The molecule has 0 aliphatic carbocycles. The molecule has 4 aromatic rings. The zero-order valence-corrected chi connectivity index (χ0v) is 19.2. The maximum atomic E-state index is 12.8. The van der Waals surface area contributed by atoms with Crippen LogP contribution in [0.5, 0.6) is 11.5 Å². The van der Waals surface area contributed by atoms with E-state index in [0.717, 1.165) is 28.0 Å². The fourth-order valence-electron chi connectivity index (χ4n) is 3.49. The molecular weight excluding hydrogens is 434 g/mol. The topological polar surface area (TPSA) is 47.6 Å². The highest BCUT2D eigenvalue weighted by Crippen LogP contribution is 2.26. The van der Waals surface area contributed by atoms with Gasteiger partial charge in [-0.15, -0.1) is 0 Å². The van der Waals surface area contributed by atoms with Gasteiger partial charge in [0.05, 0.1) is 7.11 Å². The Morgan fingerprint density at radius 3 is 2.33 bits per heavy atom. The molecule has 1 amide bonds. The lowest BCUT2D eigenvalue weighted by Crippen LogP contribution is -2.13. The summed E-state index contributed by atoms with van der Waals surface area (Å²) in [5.74, 6) is 1.17. The monoisotopic (exact) mass is 457 g/mol. The van der Waals surface area contributed by atoms with Crippen molar-refractivity contribution in [1.82, 2.24) is 0 Å². The molecule has 0 aromatic heterocycles. The van der Waals surface area contributed by atoms with Gasteiger partial charge < -0.3 is 14.8 Å². The second-order valence-electron chi connectivity index (χ2n) is 7.62. The van der Waals surface area contributed by atoms with Crippen LogP contribution in [0, 0.1) is 6.92 Å². The van der Waals surface area contributed by atoms with Crippen LogP contribution in [0.4, 0.5) is 5.69 Å². The van der Waals surface area contributed by atoms with Gasteiger partial charge in [-0.25, -0.2) is 0 Å². The number of benzene rings is 4. The van der Waals surface area contributed by atoms with Crippen LogP contribution in [0.2, 0.25) is 5.02 Å². The van der Waals surface area contributed by atoms with E-state index in [1.54, 1.807) is 37.4 Å². The molecule has 0 saturated heterocycles. The van der Waals surface area contributed by atoms with Gasteiger partial charge in [0.2, 0.25) is 0 Å². The summed E-state index contributed by atoms with van der Waals surface area (Å²) < 4.78 is 11.5. The molecule has 0 radical (unpaired) electrons. The molecule has 5 heteroatoms. The Balaban J connectivity index is 1.48. The summed E-state index contributed by atoms with van der Waals surface area (Å²) in [6, 6.07) is 28.8. The van der Waals surface area contributed by atoms with Crippen molar-refractivity contribution in [3.63, 3.8) is 0 Å². The molecule has 166 valence electrons. The summed E-state index contributed by atoms with van der Waals surface area (Å²) in [5, 5.41) is 3.49.